The molecule has 5 heteroatoms. The van der Waals surface area contributed by atoms with Gasteiger partial charge in [0.15, 0.2) is 0 Å². The SMILES string of the molecule is O=C(NCC(c1ccccc1)N1CCOCC1)N1CCC(C2CC2)CC1. The number of amides is 2. The van der Waals surface area contributed by atoms with Crippen LogP contribution in [0.3, 0.4) is 0 Å². The van der Waals surface area contributed by atoms with Crippen LogP contribution in [0.25, 0.3) is 0 Å². The zero-order valence-electron chi connectivity index (χ0n) is 15.6. The largest absolute Gasteiger partial charge is 0.379 e. The van der Waals surface area contributed by atoms with Gasteiger partial charge in [0, 0.05) is 32.7 Å². The van der Waals surface area contributed by atoms with Crippen LogP contribution in [0.5, 0.6) is 0 Å². The van der Waals surface area contributed by atoms with Gasteiger partial charge in [-0.15, -0.1) is 0 Å². The second kappa shape index (κ2) is 8.40. The maximum Gasteiger partial charge on any atom is 0.317 e. The van der Waals surface area contributed by atoms with Crippen molar-refractivity contribution in [2.75, 3.05) is 45.9 Å². The highest BCUT2D eigenvalue weighted by Crippen LogP contribution is 2.41. The molecule has 1 N–H and O–H groups in total. The zero-order valence-corrected chi connectivity index (χ0v) is 15.6. The van der Waals surface area contributed by atoms with Gasteiger partial charge in [-0.1, -0.05) is 30.3 Å². The standard InChI is InChI=1S/C21H31N3O2/c25-21(24-10-8-18(9-11-24)17-6-7-17)22-16-20(19-4-2-1-3-5-19)23-12-14-26-15-13-23/h1-5,17-18,20H,6-16H2,(H,22,25). The van der Waals surface area contributed by atoms with E-state index in [1.54, 1.807) is 0 Å². The van der Waals surface area contributed by atoms with Gasteiger partial charge in [-0.25, -0.2) is 4.79 Å². The first-order chi connectivity index (χ1) is 12.8. The van der Waals surface area contributed by atoms with E-state index >= 15 is 0 Å². The Kier molecular flexibility index (Phi) is 5.75. The van der Waals surface area contributed by atoms with Gasteiger partial charge in [-0.05, 0) is 43.1 Å². The van der Waals surface area contributed by atoms with Gasteiger partial charge >= 0.3 is 6.03 Å². The Hall–Kier alpha value is -1.59. The van der Waals surface area contributed by atoms with Crippen LogP contribution in [0.2, 0.25) is 0 Å². The van der Waals surface area contributed by atoms with Crippen LogP contribution in [0.4, 0.5) is 4.79 Å². The van der Waals surface area contributed by atoms with Gasteiger partial charge in [0.25, 0.3) is 0 Å². The summed E-state index contributed by atoms with van der Waals surface area (Å²) < 4.78 is 5.50. The number of urea groups is 1. The summed E-state index contributed by atoms with van der Waals surface area (Å²) in [5.74, 6) is 1.83. The second-order valence-electron chi connectivity index (χ2n) is 7.92. The Balaban J connectivity index is 1.32. The lowest BCUT2D eigenvalue weighted by atomic mass is 9.92. The molecule has 3 fully saturated rings. The lowest BCUT2D eigenvalue weighted by Crippen LogP contribution is -2.48. The van der Waals surface area contributed by atoms with E-state index in [2.05, 4.69) is 34.5 Å². The number of carbonyl (C=O) groups is 1. The number of morpholine rings is 1. The van der Waals surface area contributed by atoms with E-state index in [-0.39, 0.29) is 12.1 Å². The molecular formula is C21H31N3O2. The molecule has 0 radical (unpaired) electrons. The first kappa shape index (κ1) is 17.8. The molecule has 1 atom stereocenters. The smallest absolute Gasteiger partial charge is 0.317 e. The minimum Gasteiger partial charge on any atom is -0.379 e. The Bertz CT molecular complexity index is 576. The van der Waals surface area contributed by atoms with Crippen molar-refractivity contribution in [1.82, 2.24) is 15.1 Å². The van der Waals surface area contributed by atoms with E-state index in [1.165, 1.54) is 31.2 Å². The average Bonchev–Trinajstić information content (AvgIpc) is 3.55. The molecule has 2 aliphatic heterocycles. The molecule has 1 aromatic carbocycles. The number of hydrogen-bond donors (Lipinski definition) is 1. The summed E-state index contributed by atoms with van der Waals surface area (Å²) in [4.78, 5) is 17.1. The fourth-order valence-electron chi connectivity index (χ4n) is 4.46. The molecule has 2 heterocycles. The summed E-state index contributed by atoms with van der Waals surface area (Å²) in [6.07, 6.45) is 5.19. The highest BCUT2D eigenvalue weighted by molar-refractivity contribution is 5.74. The van der Waals surface area contributed by atoms with Gasteiger partial charge in [0.2, 0.25) is 0 Å². The van der Waals surface area contributed by atoms with E-state index in [4.69, 9.17) is 4.74 Å². The molecule has 0 bridgehead atoms. The number of nitrogens with one attached hydrogen (secondary N) is 1. The van der Waals surface area contributed by atoms with Gasteiger partial charge in [0.1, 0.15) is 0 Å². The predicted octanol–water partition coefficient (Wildman–Crippen LogP) is 2.89. The Morgan fingerprint density at radius 1 is 1.00 bits per heavy atom. The number of hydrogen-bond acceptors (Lipinski definition) is 3. The molecular weight excluding hydrogens is 326 g/mol. The minimum atomic E-state index is 0.105. The number of piperidine rings is 1. The van der Waals surface area contributed by atoms with Crippen molar-refractivity contribution in [3.63, 3.8) is 0 Å². The first-order valence-electron chi connectivity index (χ1n) is 10.2. The maximum atomic E-state index is 12.7. The fourth-order valence-corrected chi connectivity index (χ4v) is 4.46. The second-order valence-corrected chi connectivity index (χ2v) is 7.92. The maximum absolute atomic E-state index is 12.7. The normalized spacial score (nSPS) is 23.6. The van der Waals surface area contributed by atoms with Crippen LogP contribution >= 0.6 is 0 Å². The third-order valence-electron chi connectivity index (χ3n) is 6.23. The molecule has 5 nitrogen and oxygen atoms in total. The van der Waals surface area contributed by atoms with Crippen LogP contribution in [0, 0.1) is 11.8 Å². The molecule has 1 unspecified atom stereocenters. The molecule has 1 saturated carbocycles. The minimum absolute atomic E-state index is 0.105. The fraction of sp³-hybridized carbons (Fsp3) is 0.667. The van der Waals surface area contributed by atoms with E-state index < -0.39 is 0 Å². The summed E-state index contributed by atoms with van der Waals surface area (Å²) in [6.45, 7) is 5.87. The predicted molar refractivity (Wildman–Crippen MR) is 102 cm³/mol. The number of nitrogens with zero attached hydrogens (tertiary/aromatic N) is 2. The van der Waals surface area contributed by atoms with Crippen molar-refractivity contribution in [3.05, 3.63) is 35.9 Å². The number of likely N-dealkylation sites (tertiary alicyclic amines) is 1. The van der Waals surface area contributed by atoms with Gasteiger partial charge in [-0.2, -0.15) is 0 Å². The summed E-state index contributed by atoms with van der Waals surface area (Å²) in [7, 11) is 0. The first-order valence-corrected chi connectivity index (χ1v) is 10.2. The Labute approximate surface area is 156 Å². The van der Waals surface area contributed by atoms with E-state index in [0.717, 1.165) is 51.2 Å². The van der Waals surface area contributed by atoms with Gasteiger partial charge in [-0.3, -0.25) is 4.90 Å². The van der Waals surface area contributed by atoms with E-state index in [1.807, 2.05) is 11.0 Å². The molecule has 142 valence electrons. The third kappa shape index (κ3) is 4.38. The number of carbonyl (C=O) groups excluding carboxylic acids is 1. The van der Waals surface area contributed by atoms with Crippen molar-refractivity contribution in [3.8, 4) is 0 Å². The Morgan fingerprint density at radius 2 is 1.65 bits per heavy atom. The number of benzene rings is 1. The molecule has 1 aromatic rings. The molecule has 1 aliphatic carbocycles. The van der Waals surface area contributed by atoms with E-state index in [0.29, 0.717) is 6.54 Å². The number of ether oxygens (including phenoxy) is 1. The quantitative estimate of drug-likeness (QED) is 0.881. The third-order valence-corrected chi connectivity index (χ3v) is 6.23. The van der Waals surface area contributed by atoms with E-state index in [9.17, 15) is 4.79 Å². The Morgan fingerprint density at radius 3 is 2.31 bits per heavy atom. The topological polar surface area (TPSA) is 44.8 Å². The highest BCUT2D eigenvalue weighted by atomic mass is 16.5. The molecule has 2 amide bonds. The van der Waals surface area contributed by atoms with Gasteiger partial charge in [0.05, 0.1) is 19.3 Å². The van der Waals surface area contributed by atoms with Gasteiger partial charge < -0.3 is 15.0 Å². The highest BCUT2D eigenvalue weighted by Gasteiger charge is 2.34. The monoisotopic (exact) mass is 357 g/mol. The van der Waals surface area contributed by atoms with Crippen LogP contribution in [-0.4, -0.2) is 61.8 Å². The summed E-state index contributed by atoms with van der Waals surface area (Å²) >= 11 is 0. The molecule has 0 spiro atoms. The number of rotatable bonds is 5. The molecule has 0 aromatic heterocycles. The molecule has 2 saturated heterocycles. The lowest BCUT2D eigenvalue weighted by molar-refractivity contribution is 0.0164. The van der Waals surface area contributed by atoms with Crippen LogP contribution in [-0.2, 0) is 4.74 Å². The van der Waals surface area contributed by atoms with Crippen LogP contribution < -0.4 is 5.32 Å². The zero-order chi connectivity index (χ0) is 17.8. The molecule has 26 heavy (non-hydrogen) atoms. The van der Waals surface area contributed by atoms with Crippen LogP contribution in [0.15, 0.2) is 30.3 Å². The van der Waals surface area contributed by atoms with Crippen LogP contribution in [0.1, 0.15) is 37.3 Å². The van der Waals surface area contributed by atoms with Crippen molar-refractivity contribution in [2.45, 2.75) is 31.7 Å². The molecule has 4 rings (SSSR count). The van der Waals surface area contributed by atoms with Crippen molar-refractivity contribution >= 4 is 6.03 Å². The summed E-state index contributed by atoms with van der Waals surface area (Å²) in [6, 6.07) is 10.8. The average molecular weight is 357 g/mol. The van der Waals surface area contributed by atoms with Crippen molar-refractivity contribution in [1.29, 1.82) is 0 Å². The molecule has 3 aliphatic rings. The van der Waals surface area contributed by atoms with Crippen molar-refractivity contribution < 1.29 is 9.53 Å². The van der Waals surface area contributed by atoms with Crippen molar-refractivity contribution in [2.24, 2.45) is 11.8 Å². The summed E-state index contributed by atoms with van der Waals surface area (Å²) in [5, 5.41) is 3.21. The summed E-state index contributed by atoms with van der Waals surface area (Å²) in [5.41, 5.74) is 1.27. The lowest BCUT2D eigenvalue weighted by Gasteiger charge is -2.36.